The van der Waals surface area contributed by atoms with Crippen LogP contribution in [-0.2, 0) is 6.61 Å². The quantitative estimate of drug-likeness (QED) is 0.844. The molecule has 0 atom stereocenters. The van der Waals surface area contributed by atoms with Crippen LogP contribution in [-0.4, -0.2) is 44.1 Å². The summed E-state index contributed by atoms with van der Waals surface area (Å²) in [6.07, 6.45) is 2.17. The molecule has 7 nitrogen and oxygen atoms in total. The Morgan fingerprint density at radius 2 is 2.09 bits per heavy atom. The predicted molar refractivity (Wildman–Crippen MR) is 84.1 cm³/mol. The average molecular weight is 315 g/mol. The van der Waals surface area contributed by atoms with E-state index in [0.29, 0.717) is 17.1 Å². The summed E-state index contributed by atoms with van der Waals surface area (Å²) in [4.78, 5) is 14.3. The van der Waals surface area contributed by atoms with Crippen LogP contribution in [0.25, 0.3) is 0 Å². The van der Waals surface area contributed by atoms with E-state index in [-0.39, 0.29) is 18.6 Å². The molecule has 1 aliphatic heterocycles. The number of carbonyl (C=O) groups is 1. The number of benzene rings is 1. The second-order valence-electron chi connectivity index (χ2n) is 5.95. The van der Waals surface area contributed by atoms with Gasteiger partial charge in [0.1, 0.15) is 12.4 Å². The zero-order chi connectivity index (χ0) is 16.2. The Morgan fingerprint density at radius 1 is 1.30 bits per heavy atom. The van der Waals surface area contributed by atoms with Crippen LogP contribution in [0.2, 0.25) is 0 Å². The first-order chi connectivity index (χ1) is 11.1. The van der Waals surface area contributed by atoms with Crippen LogP contribution in [0, 0.1) is 0 Å². The molecule has 0 aliphatic carbocycles. The van der Waals surface area contributed by atoms with Gasteiger partial charge in [0, 0.05) is 18.7 Å². The highest BCUT2D eigenvalue weighted by atomic mass is 16.5. The van der Waals surface area contributed by atoms with E-state index < -0.39 is 0 Å². The van der Waals surface area contributed by atoms with Crippen LogP contribution in [0.15, 0.2) is 24.3 Å². The van der Waals surface area contributed by atoms with Gasteiger partial charge in [0.25, 0.3) is 5.91 Å². The van der Waals surface area contributed by atoms with Crippen LogP contribution in [0.4, 0.5) is 0 Å². The Kier molecular flexibility index (Phi) is 4.55. The SMILES string of the molecule is CC(C)n1nnnc1COc1cccc(C(=O)N2CCCC2)c1. The lowest BCUT2D eigenvalue weighted by molar-refractivity contribution is 0.0792. The van der Waals surface area contributed by atoms with E-state index >= 15 is 0 Å². The monoisotopic (exact) mass is 315 g/mol. The number of amides is 1. The molecule has 2 heterocycles. The van der Waals surface area contributed by atoms with Crippen molar-refractivity contribution in [1.82, 2.24) is 25.1 Å². The van der Waals surface area contributed by atoms with Crippen LogP contribution in [0.1, 0.15) is 48.9 Å². The van der Waals surface area contributed by atoms with Crippen molar-refractivity contribution in [3.05, 3.63) is 35.7 Å². The summed E-state index contributed by atoms with van der Waals surface area (Å²) in [5.74, 6) is 1.38. The molecular formula is C16H21N5O2. The Labute approximate surface area is 135 Å². The third-order valence-electron chi connectivity index (χ3n) is 3.89. The van der Waals surface area contributed by atoms with Crippen molar-refractivity contribution < 1.29 is 9.53 Å². The van der Waals surface area contributed by atoms with Gasteiger partial charge in [-0.1, -0.05) is 6.07 Å². The van der Waals surface area contributed by atoms with Gasteiger partial charge in [-0.2, -0.15) is 0 Å². The molecule has 1 saturated heterocycles. The molecule has 0 saturated carbocycles. The van der Waals surface area contributed by atoms with Gasteiger partial charge in [0.15, 0.2) is 5.82 Å². The summed E-state index contributed by atoms with van der Waals surface area (Å²) in [7, 11) is 0. The molecule has 0 N–H and O–H groups in total. The van der Waals surface area contributed by atoms with E-state index in [9.17, 15) is 4.79 Å². The van der Waals surface area contributed by atoms with Crippen molar-refractivity contribution in [2.75, 3.05) is 13.1 Å². The van der Waals surface area contributed by atoms with Gasteiger partial charge < -0.3 is 9.64 Å². The number of tetrazole rings is 1. The Balaban J connectivity index is 1.68. The smallest absolute Gasteiger partial charge is 0.253 e. The molecule has 0 radical (unpaired) electrons. The minimum absolute atomic E-state index is 0.0694. The zero-order valence-electron chi connectivity index (χ0n) is 13.5. The van der Waals surface area contributed by atoms with Crippen molar-refractivity contribution in [3.8, 4) is 5.75 Å². The third kappa shape index (κ3) is 3.49. The summed E-state index contributed by atoms with van der Waals surface area (Å²) in [6.45, 7) is 5.97. The van der Waals surface area contributed by atoms with Gasteiger partial charge in [-0.3, -0.25) is 4.79 Å². The highest BCUT2D eigenvalue weighted by Crippen LogP contribution is 2.18. The molecule has 0 unspecified atom stereocenters. The molecule has 122 valence electrons. The van der Waals surface area contributed by atoms with Crippen molar-refractivity contribution >= 4 is 5.91 Å². The molecule has 7 heteroatoms. The number of nitrogens with zero attached hydrogens (tertiary/aromatic N) is 5. The zero-order valence-corrected chi connectivity index (χ0v) is 13.5. The molecule has 0 bridgehead atoms. The van der Waals surface area contributed by atoms with E-state index in [0.717, 1.165) is 25.9 Å². The van der Waals surface area contributed by atoms with Crippen LogP contribution < -0.4 is 4.74 Å². The number of aromatic nitrogens is 4. The van der Waals surface area contributed by atoms with Crippen molar-refractivity contribution in [3.63, 3.8) is 0 Å². The molecule has 23 heavy (non-hydrogen) atoms. The van der Waals surface area contributed by atoms with Gasteiger partial charge in [-0.15, -0.1) is 5.10 Å². The van der Waals surface area contributed by atoms with Crippen molar-refractivity contribution in [2.45, 2.75) is 39.3 Å². The van der Waals surface area contributed by atoms with E-state index in [1.165, 1.54) is 0 Å². The van der Waals surface area contributed by atoms with Crippen LogP contribution >= 0.6 is 0 Å². The molecule has 1 amide bonds. The maximum Gasteiger partial charge on any atom is 0.253 e. The maximum atomic E-state index is 12.4. The molecule has 0 spiro atoms. The second kappa shape index (κ2) is 6.76. The van der Waals surface area contributed by atoms with E-state index in [2.05, 4.69) is 15.5 Å². The molecular weight excluding hydrogens is 294 g/mol. The first-order valence-electron chi connectivity index (χ1n) is 7.94. The fourth-order valence-corrected chi connectivity index (χ4v) is 2.68. The van der Waals surface area contributed by atoms with Gasteiger partial charge in [0.2, 0.25) is 0 Å². The average Bonchev–Trinajstić information content (AvgIpc) is 3.23. The third-order valence-corrected chi connectivity index (χ3v) is 3.89. The lowest BCUT2D eigenvalue weighted by Gasteiger charge is -2.15. The fraction of sp³-hybridized carbons (Fsp3) is 0.500. The molecule has 1 fully saturated rings. The Morgan fingerprint density at radius 3 is 2.83 bits per heavy atom. The molecule has 2 aromatic rings. The Bertz CT molecular complexity index is 677. The molecule has 1 aromatic heterocycles. The summed E-state index contributed by atoms with van der Waals surface area (Å²) in [6, 6.07) is 7.45. The number of rotatable bonds is 5. The largest absolute Gasteiger partial charge is 0.486 e. The highest BCUT2D eigenvalue weighted by molar-refractivity contribution is 5.94. The minimum atomic E-state index is 0.0694. The van der Waals surface area contributed by atoms with Gasteiger partial charge in [0.05, 0.1) is 6.04 Å². The lowest BCUT2D eigenvalue weighted by Crippen LogP contribution is -2.27. The van der Waals surface area contributed by atoms with Crippen molar-refractivity contribution in [2.24, 2.45) is 0 Å². The number of ether oxygens (including phenoxy) is 1. The summed E-state index contributed by atoms with van der Waals surface area (Å²) in [5.41, 5.74) is 0.660. The summed E-state index contributed by atoms with van der Waals surface area (Å²) >= 11 is 0. The predicted octanol–water partition coefficient (Wildman–Crippen LogP) is 2.07. The first kappa shape index (κ1) is 15.5. The topological polar surface area (TPSA) is 73.1 Å². The van der Waals surface area contributed by atoms with Crippen LogP contribution in [0.3, 0.4) is 0 Å². The number of hydrogen-bond acceptors (Lipinski definition) is 5. The Hall–Kier alpha value is -2.44. The highest BCUT2D eigenvalue weighted by Gasteiger charge is 2.19. The van der Waals surface area contributed by atoms with E-state index in [4.69, 9.17) is 4.74 Å². The van der Waals surface area contributed by atoms with Gasteiger partial charge in [-0.25, -0.2) is 4.68 Å². The van der Waals surface area contributed by atoms with Gasteiger partial charge >= 0.3 is 0 Å². The first-order valence-corrected chi connectivity index (χ1v) is 7.94. The van der Waals surface area contributed by atoms with Crippen LogP contribution in [0.5, 0.6) is 5.75 Å². The summed E-state index contributed by atoms with van der Waals surface area (Å²) in [5, 5.41) is 11.6. The minimum Gasteiger partial charge on any atom is -0.486 e. The standard InChI is InChI=1S/C16H21N5O2/c1-12(2)21-15(17-18-19-21)11-23-14-7-5-6-13(10-14)16(22)20-8-3-4-9-20/h5-7,10,12H,3-4,8-9,11H2,1-2H3. The normalized spacial score (nSPS) is 14.5. The van der Waals surface area contributed by atoms with E-state index in [1.54, 1.807) is 10.7 Å². The number of carbonyl (C=O) groups excluding carboxylic acids is 1. The molecule has 3 rings (SSSR count). The molecule has 1 aliphatic rings. The number of hydrogen-bond donors (Lipinski definition) is 0. The lowest BCUT2D eigenvalue weighted by atomic mass is 10.2. The van der Waals surface area contributed by atoms with Crippen molar-refractivity contribution in [1.29, 1.82) is 0 Å². The second-order valence-corrected chi connectivity index (χ2v) is 5.95. The number of likely N-dealkylation sites (tertiary alicyclic amines) is 1. The molecule has 1 aromatic carbocycles. The van der Waals surface area contributed by atoms with E-state index in [1.807, 2.05) is 36.9 Å². The maximum absolute atomic E-state index is 12.4. The van der Waals surface area contributed by atoms with Gasteiger partial charge in [-0.05, 0) is 55.3 Å². The summed E-state index contributed by atoms with van der Waals surface area (Å²) < 4.78 is 7.48. The fourth-order valence-electron chi connectivity index (χ4n) is 2.68.